The Hall–Kier alpha value is -1.32. The zero-order valence-corrected chi connectivity index (χ0v) is 9.15. The first-order valence-electron chi connectivity index (χ1n) is 4.72. The molecule has 3 nitrogen and oxygen atoms in total. The fourth-order valence-corrected chi connectivity index (χ4v) is 1.45. The lowest BCUT2D eigenvalue weighted by Crippen LogP contribution is -2.04. The molecule has 0 fully saturated rings. The molecule has 1 aromatic carbocycles. The largest absolute Gasteiger partial charge is 0.323 e. The molecule has 0 radical (unpaired) electrons. The fraction of sp³-hybridized carbons (Fsp3) is 0.182. The third-order valence-electron chi connectivity index (χ3n) is 2.19. The van der Waals surface area contributed by atoms with Crippen LogP contribution in [0.2, 0.25) is 5.02 Å². The topological polar surface area (TPSA) is 43.8 Å². The van der Waals surface area contributed by atoms with Crippen molar-refractivity contribution in [3.05, 3.63) is 47.5 Å². The van der Waals surface area contributed by atoms with E-state index in [-0.39, 0.29) is 6.04 Å². The van der Waals surface area contributed by atoms with Gasteiger partial charge in [-0.2, -0.15) is 0 Å². The molecule has 2 N–H and O–H groups in total. The first kappa shape index (κ1) is 10.2. The molecule has 1 heterocycles. The van der Waals surface area contributed by atoms with Gasteiger partial charge in [0.15, 0.2) is 0 Å². The Bertz CT molecular complexity index is 445. The van der Waals surface area contributed by atoms with Crippen LogP contribution < -0.4 is 5.73 Å². The van der Waals surface area contributed by atoms with Crippen molar-refractivity contribution in [2.24, 2.45) is 5.73 Å². The maximum Gasteiger partial charge on any atom is 0.0995 e. The Morgan fingerprint density at radius 1 is 1.33 bits per heavy atom. The van der Waals surface area contributed by atoms with Gasteiger partial charge in [-0.15, -0.1) is 0 Å². The average molecular weight is 222 g/mol. The van der Waals surface area contributed by atoms with E-state index in [1.165, 1.54) is 0 Å². The fourth-order valence-electron chi connectivity index (χ4n) is 1.33. The van der Waals surface area contributed by atoms with Crippen molar-refractivity contribution in [3.63, 3.8) is 0 Å². The molecule has 0 saturated heterocycles. The Labute approximate surface area is 93.5 Å². The van der Waals surface area contributed by atoms with Crippen LogP contribution in [0.1, 0.15) is 18.7 Å². The first-order valence-corrected chi connectivity index (χ1v) is 5.10. The normalized spacial score (nSPS) is 12.7. The number of rotatable bonds is 2. The highest BCUT2D eigenvalue weighted by Crippen LogP contribution is 2.15. The molecular formula is C11H12ClN3. The minimum Gasteiger partial charge on any atom is -0.323 e. The zero-order chi connectivity index (χ0) is 10.8. The second kappa shape index (κ2) is 4.04. The Morgan fingerprint density at radius 2 is 2.00 bits per heavy atom. The summed E-state index contributed by atoms with van der Waals surface area (Å²) in [6.07, 6.45) is 3.68. The summed E-state index contributed by atoms with van der Waals surface area (Å²) in [7, 11) is 0. The van der Waals surface area contributed by atoms with Crippen molar-refractivity contribution >= 4 is 11.6 Å². The molecular weight excluding hydrogens is 210 g/mol. The lowest BCUT2D eigenvalue weighted by Gasteiger charge is -2.01. The minimum atomic E-state index is -0.0430. The predicted molar refractivity (Wildman–Crippen MR) is 61.2 cm³/mol. The molecule has 0 spiro atoms. The number of hydrogen-bond acceptors (Lipinski definition) is 2. The quantitative estimate of drug-likeness (QED) is 0.847. The van der Waals surface area contributed by atoms with E-state index in [0.717, 1.165) is 16.4 Å². The molecule has 0 saturated carbocycles. The van der Waals surface area contributed by atoms with Gasteiger partial charge in [-0.25, -0.2) is 4.98 Å². The number of halogens is 1. The van der Waals surface area contributed by atoms with Gasteiger partial charge in [0, 0.05) is 22.9 Å². The monoisotopic (exact) mass is 221 g/mol. The number of benzene rings is 1. The molecule has 2 aromatic rings. The average Bonchev–Trinajstić information content (AvgIpc) is 2.68. The smallest absolute Gasteiger partial charge is 0.0995 e. The summed E-state index contributed by atoms with van der Waals surface area (Å²) in [6.45, 7) is 1.91. The van der Waals surface area contributed by atoms with E-state index in [4.69, 9.17) is 17.3 Å². The van der Waals surface area contributed by atoms with E-state index in [1.807, 2.05) is 42.0 Å². The third kappa shape index (κ3) is 2.19. The van der Waals surface area contributed by atoms with Crippen LogP contribution in [0.25, 0.3) is 5.69 Å². The second-order valence-electron chi connectivity index (χ2n) is 3.47. The lowest BCUT2D eigenvalue weighted by atomic mass is 10.3. The summed E-state index contributed by atoms with van der Waals surface area (Å²) in [5.41, 5.74) is 7.64. The number of imidazole rings is 1. The molecule has 2 rings (SSSR count). The summed E-state index contributed by atoms with van der Waals surface area (Å²) in [5.74, 6) is 0. The maximum absolute atomic E-state index is 5.81. The Kier molecular flexibility index (Phi) is 2.75. The second-order valence-corrected chi connectivity index (χ2v) is 3.91. The van der Waals surface area contributed by atoms with Crippen LogP contribution in [0.15, 0.2) is 36.8 Å². The summed E-state index contributed by atoms with van der Waals surface area (Å²) < 4.78 is 1.93. The van der Waals surface area contributed by atoms with Crippen molar-refractivity contribution in [2.45, 2.75) is 13.0 Å². The first-order chi connectivity index (χ1) is 7.16. The van der Waals surface area contributed by atoms with E-state index in [2.05, 4.69) is 4.98 Å². The van der Waals surface area contributed by atoms with Gasteiger partial charge in [0.05, 0.1) is 12.0 Å². The third-order valence-corrected chi connectivity index (χ3v) is 2.45. The van der Waals surface area contributed by atoms with E-state index in [1.54, 1.807) is 6.33 Å². The zero-order valence-electron chi connectivity index (χ0n) is 8.39. The van der Waals surface area contributed by atoms with Crippen molar-refractivity contribution in [3.8, 4) is 5.69 Å². The van der Waals surface area contributed by atoms with E-state index < -0.39 is 0 Å². The van der Waals surface area contributed by atoms with Crippen LogP contribution >= 0.6 is 11.6 Å². The van der Waals surface area contributed by atoms with Crippen molar-refractivity contribution < 1.29 is 0 Å². The molecule has 1 unspecified atom stereocenters. The van der Waals surface area contributed by atoms with Crippen LogP contribution in [-0.4, -0.2) is 9.55 Å². The van der Waals surface area contributed by atoms with E-state index in [9.17, 15) is 0 Å². The number of aromatic nitrogens is 2. The van der Waals surface area contributed by atoms with Gasteiger partial charge >= 0.3 is 0 Å². The van der Waals surface area contributed by atoms with Crippen molar-refractivity contribution in [1.29, 1.82) is 0 Å². The van der Waals surface area contributed by atoms with Crippen LogP contribution in [0.4, 0.5) is 0 Å². The van der Waals surface area contributed by atoms with E-state index >= 15 is 0 Å². The molecule has 1 atom stereocenters. The molecule has 0 bridgehead atoms. The molecule has 0 aliphatic heterocycles. The number of nitrogens with two attached hydrogens (primary N) is 1. The molecule has 4 heteroatoms. The van der Waals surface area contributed by atoms with Crippen LogP contribution in [0.5, 0.6) is 0 Å². The number of hydrogen-bond donors (Lipinski definition) is 1. The molecule has 0 amide bonds. The van der Waals surface area contributed by atoms with Gasteiger partial charge in [-0.3, -0.25) is 0 Å². The van der Waals surface area contributed by atoms with Gasteiger partial charge in [-0.05, 0) is 31.2 Å². The standard InChI is InChI=1S/C11H12ClN3/c1-8(13)11-6-15(7-14-11)10-4-2-9(12)3-5-10/h2-8H,13H2,1H3. The Morgan fingerprint density at radius 3 is 2.53 bits per heavy atom. The van der Waals surface area contributed by atoms with Crippen LogP contribution in [0, 0.1) is 0 Å². The lowest BCUT2D eigenvalue weighted by molar-refractivity contribution is 0.788. The maximum atomic E-state index is 5.81. The van der Waals surface area contributed by atoms with Crippen molar-refractivity contribution in [1.82, 2.24) is 9.55 Å². The van der Waals surface area contributed by atoms with Gasteiger partial charge in [0.2, 0.25) is 0 Å². The Balaban J connectivity index is 2.33. The summed E-state index contributed by atoms with van der Waals surface area (Å²) in [4.78, 5) is 4.22. The predicted octanol–water partition coefficient (Wildman–Crippen LogP) is 2.55. The summed E-state index contributed by atoms with van der Waals surface area (Å²) in [6, 6.07) is 7.54. The number of nitrogens with zero attached hydrogens (tertiary/aromatic N) is 2. The minimum absolute atomic E-state index is 0.0430. The SMILES string of the molecule is CC(N)c1cn(-c2ccc(Cl)cc2)cn1. The highest BCUT2D eigenvalue weighted by molar-refractivity contribution is 6.30. The molecule has 78 valence electrons. The van der Waals surface area contributed by atoms with Gasteiger partial charge in [0.25, 0.3) is 0 Å². The molecule has 15 heavy (non-hydrogen) atoms. The molecule has 0 aliphatic rings. The van der Waals surface area contributed by atoms with E-state index in [0.29, 0.717) is 0 Å². The highest BCUT2D eigenvalue weighted by atomic mass is 35.5. The van der Waals surface area contributed by atoms with Gasteiger partial charge in [-0.1, -0.05) is 11.6 Å². The molecule has 0 aliphatic carbocycles. The highest BCUT2D eigenvalue weighted by Gasteiger charge is 2.04. The van der Waals surface area contributed by atoms with Crippen molar-refractivity contribution in [2.75, 3.05) is 0 Å². The van der Waals surface area contributed by atoms with Gasteiger partial charge < -0.3 is 10.3 Å². The van der Waals surface area contributed by atoms with Crippen LogP contribution in [0.3, 0.4) is 0 Å². The van der Waals surface area contributed by atoms with Crippen LogP contribution in [-0.2, 0) is 0 Å². The summed E-state index contributed by atoms with van der Waals surface area (Å²) >= 11 is 5.81. The summed E-state index contributed by atoms with van der Waals surface area (Å²) in [5, 5.41) is 0.728. The molecule has 1 aromatic heterocycles. The van der Waals surface area contributed by atoms with Gasteiger partial charge in [0.1, 0.15) is 0 Å².